The number of carbonyl (C=O) groups is 1. The van der Waals surface area contributed by atoms with Crippen molar-refractivity contribution in [1.29, 1.82) is 0 Å². The summed E-state index contributed by atoms with van der Waals surface area (Å²) in [6.45, 7) is 4.64. The normalized spacial score (nSPS) is 24.8. The summed E-state index contributed by atoms with van der Waals surface area (Å²) < 4.78 is 11.5. The summed E-state index contributed by atoms with van der Waals surface area (Å²) in [6, 6.07) is 8.12. The van der Waals surface area contributed by atoms with Gasteiger partial charge in [0.15, 0.2) is 11.5 Å². The fraction of sp³-hybridized carbons (Fsp3) is 0.588. The number of nitrogens with zero attached hydrogens (tertiary/aromatic N) is 1. The Bertz CT molecular complexity index is 520. The van der Waals surface area contributed by atoms with Crippen LogP contribution >= 0.6 is 0 Å². The lowest BCUT2D eigenvalue weighted by molar-refractivity contribution is -0.123. The van der Waals surface area contributed by atoms with Crippen molar-refractivity contribution in [2.24, 2.45) is 0 Å². The second kappa shape index (κ2) is 7.01. The molecule has 1 aromatic carbocycles. The Hall–Kier alpha value is -1.75. The number of fused-ring (bicyclic) bond motifs is 1. The van der Waals surface area contributed by atoms with Gasteiger partial charge in [-0.15, -0.1) is 0 Å². The van der Waals surface area contributed by atoms with Gasteiger partial charge in [0, 0.05) is 6.04 Å². The number of carbonyl (C=O) groups excluding carboxylic acids is 1. The largest absolute Gasteiger partial charge is 0.486 e. The number of piperidine rings is 1. The smallest absolute Gasteiger partial charge is 0.234 e. The minimum Gasteiger partial charge on any atom is -0.486 e. The Morgan fingerprint density at radius 1 is 1.32 bits per heavy atom. The van der Waals surface area contributed by atoms with Gasteiger partial charge in [-0.1, -0.05) is 18.6 Å². The molecular formula is C17H24N2O3. The molecule has 0 radical (unpaired) electrons. The van der Waals surface area contributed by atoms with E-state index in [-0.39, 0.29) is 12.0 Å². The summed E-state index contributed by atoms with van der Waals surface area (Å²) in [5, 5.41) is 2.97. The number of hydrogen-bond acceptors (Lipinski definition) is 4. The van der Waals surface area contributed by atoms with E-state index in [0.717, 1.165) is 18.0 Å². The van der Waals surface area contributed by atoms with Crippen molar-refractivity contribution in [3.05, 3.63) is 24.3 Å². The second-order valence-electron chi connectivity index (χ2n) is 6.12. The van der Waals surface area contributed by atoms with Crippen LogP contribution in [0.2, 0.25) is 0 Å². The van der Waals surface area contributed by atoms with Crippen LogP contribution in [0.5, 0.6) is 11.5 Å². The van der Waals surface area contributed by atoms with Gasteiger partial charge in [0.1, 0.15) is 12.7 Å². The van der Waals surface area contributed by atoms with Crippen LogP contribution in [0.4, 0.5) is 0 Å². The number of benzene rings is 1. The Morgan fingerprint density at radius 2 is 2.14 bits per heavy atom. The number of nitrogens with one attached hydrogen (secondary N) is 1. The zero-order valence-corrected chi connectivity index (χ0v) is 13.1. The maximum absolute atomic E-state index is 12.1. The zero-order valence-electron chi connectivity index (χ0n) is 13.1. The SMILES string of the molecule is CC1CCCCN1CC(=O)NCC1COc2ccccc2O1. The molecule has 22 heavy (non-hydrogen) atoms. The van der Waals surface area contributed by atoms with E-state index < -0.39 is 0 Å². The molecule has 0 aliphatic carbocycles. The first kappa shape index (κ1) is 15.2. The predicted molar refractivity (Wildman–Crippen MR) is 84.2 cm³/mol. The number of para-hydroxylation sites is 2. The number of hydrogen-bond donors (Lipinski definition) is 1. The lowest BCUT2D eigenvalue weighted by Crippen LogP contribution is -2.47. The first-order chi connectivity index (χ1) is 10.7. The molecule has 0 saturated carbocycles. The Kier molecular flexibility index (Phi) is 4.83. The molecule has 1 aromatic rings. The highest BCUT2D eigenvalue weighted by Gasteiger charge is 2.23. The average Bonchev–Trinajstić information content (AvgIpc) is 2.55. The molecular weight excluding hydrogens is 280 g/mol. The van der Waals surface area contributed by atoms with E-state index in [0.29, 0.717) is 25.7 Å². The molecule has 2 aliphatic heterocycles. The molecule has 2 aliphatic rings. The average molecular weight is 304 g/mol. The number of ether oxygens (including phenoxy) is 2. The van der Waals surface area contributed by atoms with E-state index in [1.54, 1.807) is 0 Å². The lowest BCUT2D eigenvalue weighted by atomic mass is 10.0. The molecule has 2 heterocycles. The molecule has 1 saturated heterocycles. The van der Waals surface area contributed by atoms with Crippen LogP contribution in [0, 0.1) is 0 Å². The van der Waals surface area contributed by atoms with Crippen molar-refractivity contribution in [3.8, 4) is 11.5 Å². The second-order valence-corrected chi connectivity index (χ2v) is 6.12. The first-order valence-electron chi connectivity index (χ1n) is 8.11. The van der Waals surface area contributed by atoms with Crippen LogP contribution in [-0.2, 0) is 4.79 Å². The van der Waals surface area contributed by atoms with Gasteiger partial charge in [0.05, 0.1) is 13.1 Å². The third-order valence-corrected chi connectivity index (χ3v) is 4.38. The van der Waals surface area contributed by atoms with E-state index in [1.807, 2.05) is 24.3 Å². The van der Waals surface area contributed by atoms with Gasteiger partial charge < -0.3 is 14.8 Å². The monoisotopic (exact) mass is 304 g/mol. The standard InChI is InChI=1S/C17H24N2O3/c1-13-6-4-5-9-19(13)11-17(20)18-10-14-12-21-15-7-2-3-8-16(15)22-14/h2-3,7-8,13-14H,4-6,9-12H2,1H3,(H,18,20). The van der Waals surface area contributed by atoms with E-state index in [4.69, 9.17) is 9.47 Å². The molecule has 3 rings (SSSR count). The molecule has 2 atom stereocenters. The van der Waals surface area contributed by atoms with Gasteiger partial charge in [-0.2, -0.15) is 0 Å². The summed E-state index contributed by atoms with van der Waals surface area (Å²) in [4.78, 5) is 14.4. The fourth-order valence-corrected chi connectivity index (χ4v) is 3.02. The van der Waals surface area contributed by atoms with Gasteiger partial charge in [-0.05, 0) is 38.4 Å². The van der Waals surface area contributed by atoms with Crippen molar-refractivity contribution in [3.63, 3.8) is 0 Å². The van der Waals surface area contributed by atoms with E-state index in [9.17, 15) is 4.79 Å². The molecule has 0 spiro atoms. The first-order valence-corrected chi connectivity index (χ1v) is 8.11. The minimum absolute atomic E-state index is 0.0659. The molecule has 5 nitrogen and oxygen atoms in total. The fourth-order valence-electron chi connectivity index (χ4n) is 3.02. The minimum atomic E-state index is -0.127. The van der Waals surface area contributed by atoms with Crippen LogP contribution in [0.15, 0.2) is 24.3 Å². The van der Waals surface area contributed by atoms with E-state index in [2.05, 4.69) is 17.1 Å². The van der Waals surface area contributed by atoms with Gasteiger partial charge in [-0.3, -0.25) is 9.69 Å². The van der Waals surface area contributed by atoms with E-state index in [1.165, 1.54) is 19.3 Å². The summed E-state index contributed by atoms with van der Waals surface area (Å²) in [5.74, 6) is 1.58. The Labute approximate surface area is 131 Å². The molecule has 0 aromatic heterocycles. The summed E-state index contributed by atoms with van der Waals surface area (Å²) in [5.41, 5.74) is 0. The molecule has 120 valence electrons. The predicted octanol–water partition coefficient (Wildman–Crippen LogP) is 1.82. The Morgan fingerprint density at radius 3 is 2.95 bits per heavy atom. The molecule has 1 amide bonds. The topological polar surface area (TPSA) is 50.8 Å². The molecule has 5 heteroatoms. The number of rotatable bonds is 4. The van der Waals surface area contributed by atoms with Crippen molar-refractivity contribution < 1.29 is 14.3 Å². The van der Waals surface area contributed by atoms with Gasteiger partial charge in [-0.25, -0.2) is 0 Å². The van der Waals surface area contributed by atoms with E-state index >= 15 is 0 Å². The maximum atomic E-state index is 12.1. The third-order valence-electron chi connectivity index (χ3n) is 4.38. The van der Waals surface area contributed by atoms with Crippen LogP contribution in [0.25, 0.3) is 0 Å². The maximum Gasteiger partial charge on any atom is 0.234 e. The zero-order chi connectivity index (χ0) is 15.4. The van der Waals surface area contributed by atoms with Crippen LogP contribution in [0.1, 0.15) is 26.2 Å². The highest BCUT2D eigenvalue weighted by Crippen LogP contribution is 2.30. The summed E-state index contributed by atoms with van der Waals surface area (Å²) >= 11 is 0. The lowest BCUT2D eigenvalue weighted by Gasteiger charge is -2.33. The molecule has 2 unspecified atom stereocenters. The highest BCUT2D eigenvalue weighted by atomic mass is 16.6. The number of amides is 1. The van der Waals surface area contributed by atoms with Crippen molar-refractivity contribution in [2.75, 3.05) is 26.2 Å². The summed E-state index contributed by atoms with van der Waals surface area (Å²) in [7, 11) is 0. The van der Waals surface area contributed by atoms with Crippen LogP contribution in [0.3, 0.4) is 0 Å². The number of likely N-dealkylation sites (tertiary alicyclic amines) is 1. The Balaban J connectivity index is 1.44. The van der Waals surface area contributed by atoms with Gasteiger partial charge >= 0.3 is 0 Å². The highest BCUT2D eigenvalue weighted by molar-refractivity contribution is 5.78. The van der Waals surface area contributed by atoms with Crippen molar-refractivity contribution in [2.45, 2.75) is 38.3 Å². The van der Waals surface area contributed by atoms with Crippen LogP contribution in [-0.4, -0.2) is 49.2 Å². The third kappa shape index (κ3) is 3.71. The van der Waals surface area contributed by atoms with Gasteiger partial charge in [0.25, 0.3) is 0 Å². The van der Waals surface area contributed by atoms with Crippen molar-refractivity contribution in [1.82, 2.24) is 10.2 Å². The molecule has 1 fully saturated rings. The molecule has 0 bridgehead atoms. The van der Waals surface area contributed by atoms with Crippen molar-refractivity contribution >= 4 is 5.91 Å². The molecule has 1 N–H and O–H groups in total. The van der Waals surface area contributed by atoms with Gasteiger partial charge in [0.2, 0.25) is 5.91 Å². The quantitative estimate of drug-likeness (QED) is 0.922. The summed E-state index contributed by atoms with van der Waals surface area (Å²) in [6.07, 6.45) is 3.52. The van der Waals surface area contributed by atoms with Crippen LogP contribution < -0.4 is 14.8 Å².